The van der Waals surface area contributed by atoms with Gasteiger partial charge >= 0.3 is 0 Å². The topological polar surface area (TPSA) is 0 Å². The third-order valence-electron chi connectivity index (χ3n) is 8.19. The molecule has 0 spiro atoms. The van der Waals surface area contributed by atoms with Crippen LogP contribution >= 0.6 is 0 Å². The average Bonchev–Trinajstić information content (AvgIpc) is 2.83. The molecule has 2 aliphatic rings. The number of hydrogen-bond donors (Lipinski definition) is 0. The first-order valence-electron chi connectivity index (χ1n) is 13.1. The molecule has 0 heterocycles. The highest BCUT2D eigenvalue weighted by Gasteiger charge is 2.35. The Balaban J connectivity index is 1.33. The van der Waals surface area contributed by atoms with Crippen LogP contribution in [-0.2, 0) is 6.42 Å². The van der Waals surface area contributed by atoms with Gasteiger partial charge < -0.3 is 0 Å². The van der Waals surface area contributed by atoms with Gasteiger partial charge in [-0.1, -0.05) is 93.3 Å². The zero-order valence-electron chi connectivity index (χ0n) is 19.9. The number of allylic oxidation sites excluding steroid dienone is 2. The number of hydrogen-bond acceptors (Lipinski definition) is 0. The summed E-state index contributed by atoms with van der Waals surface area (Å²) >= 11 is 0. The molecular formula is C31H42. The van der Waals surface area contributed by atoms with Crippen molar-refractivity contribution in [2.24, 2.45) is 17.8 Å². The standard InChI is InChI=1S/C31H42/c1-3-5-7-9-24-10-13-26(14-11-24)27-16-18-28(19-17-27)30-21-20-29-22-25(8-6-4-2)12-15-31(29)23-30/h3,5,10-11,13-14,16-19,25,29-31H,4,6-9,12,15,20-23H2,1-2H3/b5-3+. The van der Waals surface area contributed by atoms with Crippen molar-refractivity contribution in [2.45, 2.75) is 90.4 Å². The molecule has 0 aromatic heterocycles. The minimum Gasteiger partial charge on any atom is -0.0917 e. The van der Waals surface area contributed by atoms with Crippen LogP contribution in [0.25, 0.3) is 11.1 Å². The first kappa shape index (κ1) is 22.4. The zero-order valence-corrected chi connectivity index (χ0v) is 19.9. The van der Waals surface area contributed by atoms with Gasteiger partial charge in [-0.25, -0.2) is 0 Å². The second-order valence-corrected chi connectivity index (χ2v) is 10.3. The van der Waals surface area contributed by atoms with Crippen molar-refractivity contribution in [2.75, 3.05) is 0 Å². The Morgan fingerprint density at radius 2 is 1.48 bits per heavy atom. The van der Waals surface area contributed by atoms with Gasteiger partial charge in [-0.15, -0.1) is 0 Å². The minimum atomic E-state index is 0.788. The van der Waals surface area contributed by atoms with E-state index in [0.717, 1.165) is 36.5 Å². The van der Waals surface area contributed by atoms with Gasteiger partial charge in [-0.3, -0.25) is 0 Å². The van der Waals surface area contributed by atoms with E-state index in [1.165, 1.54) is 74.5 Å². The maximum Gasteiger partial charge on any atom is -0.0159 e. The van der Waals surface area contributed by atoms with Crippen LogP contribution in [0.2, 0.25) is 0 Å². The van der Waals surface area contributed by atoms with E-state index in [-0.39, 0.29) is 0 Å². The molecule has 2 fully saturated rings. The Morgan fingerprint density at radius 1 is 0.806 bits per heavy atom. The molecule has 2 saturated carbocycles. The van der Waals surface area contributed by atoms with Crippen molar-refractivity contribution in [3.05, 3.63) is 71.8 Å². The van der Waals surface area contributed by atoms with Crippen molar-refractivity contribution in [3.63, 3.8) is 0 Å². The summed E-state index contributed by atoms with van der Waals surface area (Å²) in [6.45, 7) is 4.43. The van der Waals surface area contributed by atoms with Crippen LogP contribution in [0.1, 0.15) is 95.1 Å². The van der Waals surface area contributed by atoms with E-state index < -0.39 is 0 Å². The van der Waals surface area contributed by atoms with Gasteiger partial charge in [0, 0.05) is 0 Å². The van der Waals surface area contributed by atoms with Crippen molar-refractivity contribution in [1.29, 1.82) is 0 Å². The number of fused-ring (bicyclic) bond motifs is 1. The highest BCUT2D eigenvalue weighted by Crippen LogP contribution is 2.48. The Hall–Kier alpha value is -1.82. The smallest absolute Gasteiger partial charge is 0.0159 e. The van der Waals surface area contributed by atoms with Crippen LogP contribution < -0.4 is 0 Å². The summed E-state index contributed by atoms with van der Waals surface area (Å²) in [4.78, 5) is 0. The lowest BCUT2D eigenvalue weighted by atomic mass is 9.63. The van der Waals surface area contributed by atoms with Crippen molar-refractivity contribution < 1.29 is 0 Å². The second kappa shape index (κ2) is 11.2. The van der Waals surface area contributed by atoms with Gasteiger partial charge in [0.1, 0.15) is 0 Å². The normalized spacial score (nSPS) is 26.1. The molecule has 4 atom stereocenters. The summed E-state index contributed by atoms with van der Waals surface area (Å²) in [5.41, 5.74) is 5.71. The average molecular weight is 415 g/mol. The first-order valence-corrected chi connectivity index (χ1v) is 13.1. The Bertz CT molecular complexity index is 810. The molecule has 0 radical (unpaired) electrons. The third kappa shape index (κ3) is 5.91. The predicted molar refractivity (Wildman–Crippen MR) is 135 cm³/mol. The molecule has 0 amide bonds. The number of unbranched alkanes of at least 4 members (excludes halogenated alkanes) is 1. The molecule has 31 heavy (non-hydrogen) atoms. The van der Waals surface area contributed by atoms with E-state index >= 15 is 0 Å². The molecule has 0 aliphatic heterocycles. The molecule has 0 N–H and O–H groups in total. The Labute approximate surface area is 191 Å². The molecule has 4 unspecified atom stereocenters. The number of benzene rings is 2. The molecule has 0 nitrogen and oxygen atoms in total. The summed E-state index contributed by atoms with van der Waals surface area (Å²) < 4.78 is 0. The van der Waals surface area contributed by atoms with Crippen molar-refractivity contribution >= 4 is 0 Å². The molecule has 2 aromatic rings. The van der Waals surface area contributed by atoms with Crippen LogP contribution in [0.5, 0.6) is 0 Å². The van der Waals surface area contributed by atoms with Crippen LogP contribution in [0, 0.1) is 17.8 Å². The molecule has 2 aliphatic carbocycles. The monoisotopic (exact) mass is 414 g/mol. The van der Waals surface area contributed by atoms with Gasteiger partial charge in [0.15, 0.2) is 0 Å². The second-order valence-electron chi connectivity index (χ2n) is 10.3. The Morgan fingerprint density at radius 3 is 2.19 bits per heavy atom. The zero-order chi connectivity index (χ0) is 21.5. The molecule has 2 aromatic carbocycles. The molecular weight excluding hydrogens is 372 g/mol. The lowest BCUT2D eigenvalue weighted by molar-refractivity contribution is 0.113. The predicted octanol–water partition coefficient (Wildman–Crippen LogP) is 9.35. The van der Waals surface area contributed by atoms with E-state index in [4.69, 9.17) is 0 Å². The fourth-order valence-corrected chi connectivity index (χ4v) is 6.27. The lowest BCUT2D eigenvalue weighted by Gasteiger charge is -2.42. The van der Waals surface area contributed by atoms with Gasteiger partial charge in [-0.2, -0.15) is 0 Å². The highest BCUT2D eigenvalue weighted by molar-refractivity contribution is 5.64. The third-order valence-corrected chi connectivity index (χ3v) is 8.19. The maximum atomic E-state index is 2.42. The SMILES string of the molecule is C/C=C/CCc1ccc(-c2ccc(C3CCC4CC(CCCC)CCC4C3)cc2)cc1. The largest absolute Gasteiger partial charge is 0.0917 e. The van der Waals surface area contributed by atoms with E-state index in [9.17, 15) is 0 Å². The highest BCUT2D eigenvalue weighted by atomic mass is 14.4. The summed E-state index contributed by atoms with van der Waals surface area (Å²) in [5, 5.41) is 0. The molecule has 0 saturated heterocycles. The summed E-state index contributed by atoms with van der Waals surface area (Å²) in [7, 11) is 0. The Kier molecular flexibility index (Phi) is 8.06. The first-order chi connectivity index (χ1) is 15.3. The van der Waals surface area contributed by atoms with E-state index in [1.54, 1.807) is 5.56 Å². The summed E-state index contributed by atoms with van der Waals surface area (Å²) in [6.07, 6.45) is 19.8. The lowest BCUT2D eigenvalue weighted by Crippen LogP contribution is -2.30. The van der Waals surface area contributed by atoms with Crippen molar-refractivity contribution in [3.8, 4) is 11.1 Å². The fourth-order valence-electron chi connectivity index (χ4n) is 6.27. The fraction of sp³-hybridized carbons (Fsp3) is 0.548. The minimum absolute atomic E-state index is 0.788. The van der Waals surface area contributed by atoms with E-state index in [2.05, 4.69) is 74.5 Å². The summed E-state index contributed by atoms with van der Waals surface area (Å²) in [5.74, 6) is 3.84. The summed E-state index contributed by atoms with van der Waals surface area (Å²) in [6, 6.07) is 18.7. The molecule has 4 rings (SSSR count). The number of rotatable bonds is 8. The van der Waals surface area contributed by atoms with Gasteiger partial charge in [-0.05, 0) is 97.8 Å². The van der Waals surface area contributed by atoms with Crippen LogP contribution in [-0.4, -0.2) is 0 Å². The quantitative estimate of drug-likeness (QED) is 0.377. The maximum absolute atomic E-state index is 2.42. The van der Waals surface area contributed by atoms with Crippen LogP contribution in [0.15, 0.2) is 60.7 Å². The number of aryl methyl sites for hydroxylation is 1. The molecule has 166 valence electrons. The molecule has 0 bridgehead atoms. The van der Waals surface area contributed by atoms with Gasteiger partial charge in [0.05, 0.1) is 0 Å². The molecule has 0 heteroatoms. The van der Waals surface area contributed by atoms with E-state index in [0.29, 0.717) is 0 Å². The van der Waals surface area contributed by atoms with Crippen LogP contribution in [0.3, 0.4) is 0 Å². The van der Waals surface area contributed by atoms with Gasteiger partial charge in [0.25, 0.3) is 0 Å². The van der Waals surface area contributed by atoms with Gasteiger partial charge in [0.2, 0.25) is 0 Å². The van der Waals surface area contributed by atoms with Crippen molar-refractivity contribution in [1.82, 2.24) is 0 Å². The van der Waals surface area contributed by atoms with Crippen LogP contribution in [0.4, 0.5) is 0 Å². The van der Waals surface area contributed by atoms with E-state index in [1.807, 2.05) is 0 Å².